The summed E-state index contributed by atoms with van der Waals surface area (Å²) in [6, 6.07) is 11.7. The van der Waals surface area contributed by atoms with Crippen LogP contribution in [0.2, 0.25) is 0 Å². The Bertz CT molecular complexity index is 943. The van der Waals surface area contributed by atoms with E-state index < -0.39 is 10.0 Å². The molecule has 0 aromatic heterocycles. The molecule has 0 saturated heterocycles. The van der Waals surface area contributed by atoms with Crippen LogP contribution in [0.5, 0.6) is 11.5 Å². The van der Waals surface area contributed by atoms with Crippen molar-refractivity contribution < 1.29 is 22.7 Å². The van der Waals surface area contributed by atoms with Crippen molar-refractivity contribution in [1.82, 2.24) is 5.32 Å². The number of benzene rings is 2. The SMILES string of the molecule is CC(NC(=O)c1ccccc1NS(C)(=O)=O)c1ccc2c(c1)OCCCO2. The Labute approximate surface area is 158 Å². The minimum absolute atomic E-state index is 0.239. The molecule has 1 amide bonds. The summed E-state index contributed by atoms with van der Waals surface area (Å²) in [4.78, 5) is 12.7. The standard InChI is InChI=1S/C19H22N2O5S/c1-13(14-8-9-17-18(12-14)26-11-5-10-25-17)20-19(22)15-6-3-4-7-16(15)21-27(2,23)24/h3-4,6-9,12-13,21H,5,10-11H2,1-2H3,(H,20,22). The first-order valence-electron chi connectivity index (χ1n) is 8.61. The number of amides is 1. The van der Waals surface area contributed by atoms with Gasteiger partial charge in [-0.05, 0) is 36.8 Å². The Morgan fingerprint density at radius 3 is 2.52 bits per heavy atom. The second kappa shape index (κ2) is 7.87. The molecule has 144 valence electrons. The van der Waals surface area contributed by atoms with Crippen LogP contribution < -0.4 is 19.5 Å². The van der Waals surface area contributed by atoms with E-state index in [1.54, 1.807) is 24.3 Å². The summed E-state index contributed by atoms with van der Waals surface area (Å²) in [7, 11) is -3.49. The van der Waals surface area contributed by atoms with Gasteiger partial charge in [-0.1, -0.05) is 18.2 Å². The van der Waals surface area contributed by atoms with E-state index in [4.69, 9.17) is 9.47 Å². The van der Waals surface area contributed by atoms with Crippen molar-refractivity contribution in [3.63, 3.8) is 0 Å². The number of nitrogens with one attached hydrogen (secondary N) is 2. The molecule has 3 rings (SSSR count). The minimum Gasteiger partial charge on any atom is -0.490 e. The van der Waals surface area contributed by atoms with Crippen molar-refractivity contribution in [2.75, 3.05) is 24.2 Å². The number of rotatable bonds is 5. The first-order chi connectivity index (χ1) is 12.8. The van der Waals surface area contributed by atoms with Crippen molar-refractivity contribution in [3.8, 4) is 11.5 Å². The highest BCUT2D eigenvalue weighted by Gasteiger charge is 2.18. The van der Waals surface area contributed by atoms with Gasteiger partial charge in [0.25, 0.3) is 5.91 Å². The number of sulfonamides is 1. The average molecular weight is 390 g/mol. The Balaban J connectivity index is 1.78. The molecule has 2 aromatic rings. The fraction of sp³-hybridized carbons (Fsp3) is 0.316. The Morgan fingerprint density at radius 2 is 1.78 bits per heavy atom. The second-order valence-electron chi connectivity index (χ2n) is 6.37. The third kappa shape index (κ3) is 4.91. The van der Waals surface area contributed by atoms with Gasteiger partial charge in [-0.15, -0.1) is 0 Å². The Morgan fingerprint density at radius 1 is 1.07 bits per heavy atom. The van der Waals surface area contributed by atoms with E-state index in [0.717, 1.165) is 18.2 Å². The van der Waals surface area contributed by atoms with Crippen molar-refractivity contribution in [2.24, 2.45) is 0 Å². The minimum atomic E-state index is -3.49. The number of fused-ring (bicyclic) bond motifs is 1. The molecule has 0 saturated carbocycles. The van der Waals surface area contributed by atoms with E-state index in [1.807, 2.05) is 25.1 Å². The first-order valence-corrected chi connectivity index (χ1v) is 10.5. The van der Waals surface area contributed by atoms with Gasteiger partial charge in [0.1, 0.15) is 0 Å². The van der Waals surface area contributed by atoms with Crippen LogP contribution in [0.3, 0.4) is 0 Å². The molecule has 2 aromatic carbocycles. The zero-order chi connectivity index (χ0) is 19.4. The van der Waals surface area contributed by atoms with Crippen LogP contribution in [0.4, 0.5) is 5.69 Å². The third-order valence-corrected chi connectivity index (χ3v) is 4.68. The summed E-state index contributed by atoms with van der Waals surface area (Å²) in [5.41, 5.74) is 1.36. The van der Waals surface area contributed by atoms with Gasteiger partial charge in [-0.3, -0.25) is 9.52 Å². The summed E-state index contributed by atoms with van der Waals surface area (Å²) >= 11 is 0. The molecule has 1 unspecified atom stereocenters. The zero-order valence-electron chi connectivity index (χ0n) is 15.2. The molecule has 8 heteroatoms. The molecule has 0 fully saturated rings. The second-order valence-corrected chi connectivity index (χ2v) is 8.12. The van der Waals surface area contributed by atoms with Gasteiger partial charge in [-0.25, -0.2) is 8.42 Å². The average Bonchev–Trinajstić information content (AvgIpc) is 2.85. The normalized spacial score (nSPS) is 14.7. The molecule has 1 aliphatic rings. The van der Waals surface area contributed by atoms with Gasteiger partial charge in [0.2, 0.25) is 10.0 Å². The van der Waals surface area contributed by atoms with E-state index in [2.05, 4.69) is 10.0 Å². The molecule has 0 bridgehead atoms. The maximum Gasteiger partial charge on any atom is 0.253 e. The van der Waals surface area contributed by atoms with E-state index in [0.29, 0.717) is 24.7 Å². The largest absolute Gasteiger partial charge is 0.490 e. The molecule has 1 atom stereocenters. The van der Waals surface area contributed by atoms with E-state index in [1.165, 1.54) is 0 Å². The number of hydrogen-bond donors (Lipinski definition) is 2. The number of carbonyl (C=O) groups is 1. The van der Waals surface area contributed by atoms with Crippen LogP contribution >= 0.6 is 0 Å². The number of hydrogen-bond acceptors (Lipinski definition) is 5. The van der Waals surface area contributed by atoms with Gasteiger partial charge >= 0.3 is 0 Å². The summed E-state index contributed by atoms with van der Waals surface area (Å²) in [5, 5.41) is 2.89. The first kappa shape index (κ1) is 19.0. The molecule has 0 radical (unpaired) electrons. The number of ether oxygens (including phenoxy) is 2. The predicted molar refractivity (Wildman–Crippen MR) is 103 cm³/mol. The molecule has 27 heavy (non-hydrogen) atoms. The third-order valence-electron chi connectivity index (χ3n) is 4.09. The van der Waals surface area contributed by atoms with Gasteiger partial charge < -0.3 is 14.8 Å². The van der Waals surface area contributed by atoms with E-state index in [9.17, 15) is 13.2 Å². The Hall–Kier alpha value is -2.74. The Kier molecular flexibility index (Phi) is 5.55. The molecule has 0 spiro atoms. The summed E-state index contributed by atoms with van der Waals surface area (Å²) in [6.45, 7) is 3.05. The molecular weight excluding hydrogens is 368 g/mol. The van der Waals surface area contributed by atoms with Crippen molar-refractivity contribution in [3.05, 3.63) is 53.6 Å². The fourth-order valence-electron chi connectivity index (χ4n) is 2.78. The molecule has 1 heterocycles. The lowest BCUT2D eigenvalue weighted by Gasteiger charge is -2.18. The zero-order valence-corrected chi connectivity index (χ0v) is 16.0. The quantitative estimate of drug-likeness (QED) is 0.819. The lowest BCUT2D eigenvalue weighted by molar-refractivity contribution is 0.0940. The van der Waals surface area contributed by atoms with E-state index >= 15 is 0 Å². The lowest BCUT2D eigenvalue weighted by atomic mass is 10.1. The van der Waals surface area contributed by atoms with Crippen LogP contribution in [0.25, 0.3) is 0 Å². The molecule has 2 N–H and O–H groups in total. The highest BCUT2D eigenvalue weighted by molar-refractivity contribution is 7.92. The number of carbonyl (C=O) groups excluding carboxylic acids is 1. The summed E-state index contributed by atoms with van der Waals surface area (Å²) in [5.74, 6) is 0.976. The van der Waals surface area contributed by atoms with Crippen LogP contribution in [-0.4, -0.2) is 33.8 Å². The molecule has 7 nitrogen and oxygen atoms in total. The van der Waals surface area contributed by atoms with Crippen LogP contribution in [-0.2, 0) is 10.0 Å². The van der Waals surface area contributed by atoms with Crippen molar-refractivity contribution >= 4 is 21.6 Å². The van der Waals surface area contributed by atoms with Gasteiger partial charge in [-0.2, -0.15) is 0 Å². The lowest BCUT2D eigenvalue weighted by Crippen LogP contribution is -2.28. The van der Waals surface area contributed by atoms with Crippen molar-refractivity contribution in [2.45, 2.75) is 19.4 Å². The summed E-state index contributed by atoms with van der Waals surface area (Å²) < 4.78 is 36.7. The highest BCUT2D eigenvalue weighted by atomic mass is 32.2. The van der Waals surface area contributed by atoms with E-state index in [-0.39, 0.29) is 23.2 Å². The molecule has 1 aliphatic heterocycles. The van der Waals surface area contributed by atoms with Crippen LogP contribution in [0, 0.1) is 0 Å². The monoisotopic (exact) mass is 390 g/mol. The maximum absolute atomic E-state index is 12.7. The van der Waals surface area contributed by atoms with Gasteiger partial charge in [0.15, 0.2) is 11.5 Å². The topological polar surface area (TPSA) is 93.7 Å². The predicted octanol–water partition coefficient (Wildman–Crippen LogP) is 2.71. The maximum atomic E-state index is 12.7. The molecule has 0 aliphatic carbocycles. The highest BCUT2D eigenvalue weighted by Crippen LogP contribution is 2.32. The fourth-order valence-corrected chi connectivity index (χ4v) is 3.35. The van der Waals surface area contributed by atoms with Gasteiger partial charge in [0, 0.05) is 6.42 Å². The van der Waals surface area contributed by atoms with Crippen LogP contribution in [0.1, 0.15) is 35.3 Å². The van der Waals surface area contributed by atoms with Crippen molar-refractivity contribution in [1.29, 1.82) is 0 Å². The summed E-state index contributed by atoms with van der Waals surface area (Å²) in [6.07, 6.45) is 1.86. The number of anilines is 1. The smallest absolute Gasteiger partial charge is 0.253 e. The van der Waals surface area contributed by atoms with Gasteiger partial charge in [0.05, 0.1) is 36.8 Å². The number of para-hydroxylation sites is 1. The van der Waals surface area contributed by atoms with Crippen LogP contribution in [0.15, 0.2) is 42.5 Å². The molecular formula is C19H22N2O5S.